The van der Waals surface area contributed by atoms with Crippen molar-refractivity contribution < 1.29 is 4.74 Å². The number of pyridine rings is 3. The summed E-state index contributed by atoms with van der Waals surface area (Å²) in [5.74, 6) is 1.54. The SMILES string of the molecule is N#Cc1ccc2c(c1)c1ccccc1n2-c1cnc2c(c1)C1(c3ccccc3Oc3ccccc31)c1cc(-n3c4ccc(C#N)cc4c4ccncc43)cnc1-2. The number of rotatable bonds is 2. The summed E-state index contributed by atoms with van der Waals surface area (Å²) in [7, 11) is 0. The van der Waals surface area contributed by atoms with Crippen LogP contribution in [0.25, 0.3) is 66.4 Å². The lowest BCUT2D eigenvalue weighted by Gasteiger charge is -2.39. The predicted octanol–water partition coefficient (Wildman–Crippen LogP) is 10.3. The maximum Gasteiger partial charge on any atom is 0.132 e. The first kappa shape index (κ1) is 30.4. The molecule has 0 amide bonds. The van der Waals surface area contributed by atoms with Gasteiger partial charge in [0.25, 0.3) is 0 Å². The molecule has 1 aliphatic carbocycles. The molecule has 0 radical (unpaired) electrons. The van der Waals surface area contributed by atoms with Crippen molar-refractivity contribution in [1.29, 1.82) is 10.5 Å². The Bertz CT molecular complexity index is 3220. The van der Waals surface area contributed by atoms with E-state index in [1.54, 1.807) is 6.20 Å². The van der Waals surface area contributed by atoms with Crippen LogP contribution in [0.1, 0.15) is 33.4 Å². The van der Waals surface area contributed by atoms with Crippen molar-refractivity contribution in [2.24, 2.45) is 0 Å². The normalized spacial score (nSPS) is 13.2. The lowest BCUT2D eigenvalue weighted by atomic mass is 9.66. The predicted molar refractivity (Wildman–Crippen MR) is 215 cm³/mol. The molecule has 0 fully saturated rings. The second kappa shape index (κ2) is 11.0. The minimum atomic E-state index is -0.847. The quantitative estimate of drug-likeness (QED) is 0.176. The Hall–Kier alpha value is -8.07. The zero-order valence-electron chi connectivity index (χ0n) is 29.5. The second-order valence-electron chi connectivity index (χ2n) is 14.3. The molecule has 6 heterocycles. The van der Waals surface area contributed by atoms with E-state index in [1.807, 2.05) is 97.5 Å². The van der Waals surface area contributed by atoms with E-state index in [0.29, 0.717) is 11.1 Å². The fourth-order valence-corrected chi connectivity index (χ4v) is 9.36. The molecular formula is C48H25N7O. The summed E-state index contributed by atoms with van der Waals surface area (Å²) in [5.41, 5.74) is 11.6. The van der Waals surface area contributed by atoms with E-state index in [9.17, 15) is 10.5 Å². The molecule has 12 rings (SSSR count). The highest BCUT2D eigenvalue weighted by molar-refractivity contribution is 6.10. The Labute approximate surface area is 319 Å². The van der Waals surface area contributed by atoms with Crippen LogP contribution in [0, 0.1) is 22.7 Å². The maximum absolute atomic E-state index is 9.79. The van der Waals surface area contributed by atoms with Crippen LogP contribution in [-0.2, 0) is 5.41 Å². The number of hydrogen-bond donors (Lipinski definition) is 0. The summed E-state index contributed by atoms with van der Waals surface area (Å²) in [6.45, 7) is 0. The zero-order valence-corrected chi connectivity index (χ0v) is 29.5. The number of nitrogens with zero attached hydrogens (tertiary/aromatic N) is 7. The van der Waals surface area contributed by atoms with Gasteiger partial charge in [0.15, 0.2) is 0 Å². The summed E-state index contributed by atoms with van der Waals surface area (Å²) in [6.07, 6.45) is 7.51. The van der Waals surface area contributed by atoms with E-state index in [0.717, 1.165) is 100 Å². The molecule has 8 heteroatoms. The van der Waals surface area contributed by atoms with Crippen LogP contribution in [0.2, 0.25) is 0 Å². The number of ether oxygens (including phenoxy) is 1. The van der Waals surface area contributed by atoms with Gasteiger partial charge in [-0.2, -0.15) is 10.5 Å². The summed E-state index contributed by atoms with van der Waals surface area (Å²) < 4.78 is 11.1. The Kier molecular flexibility index (Phi) is 5.96. The molecule has 1 spiro atoms. The third-order valence-electron chi connectivity index (χ3n) is 11.6. The average molecular weight is 716 g/mol. The number of nitriles is 2. The minimum absolute atomic E-state index is 0.598. The van der Waals surface area contributed by atoms with Crippen LogP contribution < -0.4 is 4.74 Å². The lowest BCUT2D eigenvalue weighted by molar-refractivity contribution is 0.436. The van der Waals surface area contributed by atoms with Gasteiger partial charge in [0, 0.05) is 50.0 Å². The molecule has 0 atom stereocenters. The first-order valence-corrected chi connectivity index (χ1v) is 18.3. The summed E-state index contributed by atoms with van der Waals surface area (Å²) >= 11 is 0. The largest absolute Gasteiger partial charge is 0.457 e. The molecule has 1 aliphatic heterocycles. The number of hydrogen-bond acceptors (Lipinski definition) is 6. The third-order valence-corrected chi connectivity index (χ3v) is 11.6. The Balaban J connectivity index is 1.19. The number of aromatic nitrogens is 5. The van der Waals surface area contributed by atoms with Crippen LogP contribution >= 0.6 is 0 Å². The Morgan fingerprint density at radius 3 is 1.61 bits per heavy atom. The van der Waals surface area contributed by atoms with Crippen molar-refractivity contribution >= 4 is 43.6 Å². The van der Waals surface area contributed by atoms with E-state index in [-0.39, 0.29) is 0 Å². The van der Waals surface area contributed by atoms with Gasteiger partial charge in [-0.15, -0.1) is 0 Å². The monoisotopic (exact) mass is 715 g/mol. The van der Waals surface area contributed by atoms with Crippen molar-refractivity contribution in [3.63, 3.8) is 0 Å². The molecular weight excluding hydrogens is 691 g/mol. The Morgan fingerprint density at radius 1 is 0.482 bits per heavy atom. The third kappa shape index (κ3) is 3.81. The van der Waals surface area contributed by atoms with Crippen LogP contribution in [0.5, 0.6) is 11.5 Å². The number of benzene rings is 5. The molecule has 10 aromatic rings. The van der Waals surface area contributed by atoms with Crippen molar-refractivity contribution in [3.05, 3.63) is 186 Å². The summed E-state index contributed by atoms with van der Waals surface area (Å²) in [6, 6.07) is 47.6. The highest BCUT2D eigenvalue weighted by atomic mass is 16.5. The molecule has 0 N–H and O–H groups in total. The van der Waals surface area contributed by atoms with Crippen molar-refractivity contribution in [3.8, 4) is 46.4 Å². The first-order chi connectivity index (χ1) is 27.7. The fraction of sp³-hybridized carbons (Fsp3) is 0.0208. The number of fused-ring (bicyclic) bond motifs is 15. The van der Waals surface area contributed by atoms with Gasteiger partial charge < -0.3 is 13.9 Å². The maximum atomic E-state index is 9.79. The van der Waals surface area contributed by atoms with Crippen LogP contribution in [0.3, 0.4) is 0 Å². The van der Waals surface area contributed by atoms with Crippen LogP contribution in [0.15, 0.2) is 152 Å². The molecule has 258 valence electrons. The van der Waals surface area contributed by atoms with Gasteiger partial charge >= 0.3 is 0 Å². The van der Waals surface area contributed by atoms with E-state index in [4.69, 9.17) is 14.7 Å². The molecule has 5 aromatic heterocycles. The molecule has 2 aliphatic rings. The molecule has 0 bridgehead atoms. The van der Waals surface area contributed by atoms with E-state index in [1.165, 1.54) is 0 Å². The van der Waals surface area contributed by atoms with Gasteiger partial charge in [0.1, 0.15) is 11.5 Å². The van der Waals surface area contributed by atoms with Crippen molar-refractivity contribution in [1.82, 2.24) is 24.1 Å². The summed E-state index contributed by atoms with van der Waals surface area (Å²) in [5, 5.41) is 23.6. The molecule has 0 unspecified atom stereocenters. The zero-order chi connectivity index (χ0) is 37.1. The van der Waals surface area contributed by atoms with Crippen molar-refractivity contribution in [2.45, 2.75) is 5.41 Å². The van der Waals surface area contributed by atoms with Gasteiger partial charge in [0.2, 0.25) is 0 Å². The summed E-state index contributed by atoms with van der Waals surface area (Å²) in [4.78, 5) is 15.1. The highest BCUT2D eigenvalue weighted by Gasteiger charge is 2.53. The smallest absolute Gasteiger partial charge is 0.132 e. The van der Waals surface area contributed by atoms with Gasteiger partial charge in [0.05, 0.1) is 92.1 Å². The molecule has 56 heavy (non-hydrogen) atoms. The molecule has 5 aromatic carbocycles. The van der Waals surface area contributed by atoms with Gasteiger partial charge in [-0.05, 0) is 72.8 Å². The van der Waals surface area contributed by atoms with E-state index in [2.05, 4.69) is 74.8 Å². The molecule has 8 nitrogen and oxygen atoms in total. The van der Waals surface area contributed by atoms with Gasteiger partial charge in [-0.1, -0.05) is 54.6 Å². The lowest BCUT2D eigenvalue weighted by Crippen LogP contribution is -2.32. The average Bonchev–Trinajstić information content (AvgIpc) is 3.87. The fourth-order valence-electron chi connectivity index (χ4n) is 9.36. The molecule has 0 saturated carbocycles. The highest BCUT2D eigenvalue weighted by Crippen LogP contribution is 2.61. The van der Waals surface area contributed by atoms with Gasteiger partial charge in [-0.25, -0.2) is 0 Å². The van der Waals surface area contributed by atoms with E-state index >= 15 is 0 Å². The second-order valence-corrected chi connectivity index (χ2v) is 14.3. The van der Waals surface area contributed by atoms with Crippen LogP contribution in [0.4, 0.5) is 0 Å². The standard InChI is InChI=1S/C48H25N7O/c49-23-28-13-15-41-34(19-28)32-7-1-4-10-40(32)54(41)30-21-38-46(52-25-30)47-39(48(38)36-8-2-5-11-44(36)56-45-12-6-3-9-37(45)48)22-31(26-53-47)55-42-16-14-29(24-50)20-35(42)33-17-18-51-27-43(33)55/h1-22,25-27H. The minimum Gasteiger partial charge on any atom is -0.457 e. The van der Waals surface area contributed by atoms with Crippen LogP contribution in [-0.4, -0.2) is 24.1 Å². The van der Waals surface area contributed by atoms with Gasteiger partial charge in [-0.3, -0.25) is 15.0 Å². The number of para-hydroxylation sites is 3. The van der Waals surface area contributed by atoms with E-state index < -0.39 is 5.41 Å². The molecule has 0 saturated heterocycles. The first-order valence-electron chi connectivity index (χ1n) is 18.3. The topological polar surface area (TPSA) is 105 Å². The van der Waals surface area contributed by atoms with Crippen molar-refractivity contribution in [2.75, 3.05) is 0 Å². The Morgan fingerprint density at radius 2 is 1.00 bits per heavy atom.